The van der Waals surface area contributed by atoms with Crippen LogP contribution in [-0.4, -0.2) is 0 Å². The fraction of sp³-hybridized carbons (Fsp3) is 0.214. The number of hydrogen-bond donors (Lipinski definition) is 0. The van der Waals surface area contributed by atoms with Crippen molar-refractivity contribution in [3.63, 3.8) is 0 Å². The first-order chi connectivity index (χ1) is 5.81. The van der Waals surface area contributed by atoms with Crippen LogP contribution in [-0.2, 0) is 32.6 Å². The monoisotopic (exact) mass is 277 g/mol. The van der Waals surface area contributed by atoms with Gasteiger partial charge in [-0.15, -0.1) is 34.5 Å². The summed E-state index contributed by atoms with van der Waals surface area (Å²) in [5.74, 6) is 0. The first-order valence-corrected chi connectivity index (χ1v) is 4.46. The van der Waals surface area contributed by atoms with Crippen molar-refractivity contribution < 1.29 is 26.2 Å². The summed E-state index contributed by atoms with van der Waals surface area (Å²) in [4.78, 5) is 0. The molecular weight excluding hydrogens is 259 g/mol. The van der Waals surface area contributed by atoms with E-state index in [1.165, 1.54) is 21.9 Å². The maximum absolute atomic E-state index is 2.27. The predicted molar refractivity (Wildman–Crippen MR) is 66.5 cm³/mol. The third-order valence-electron chi connectivity index (χ3n) is 2.37. The van der Waals surface area contributed by atoms with Gasteiger partial charge in [-0.2, -0.15) is 6.07 Å². The Morgan fingerprint density at radius 2 is 1.87 bits per heavy atom. The van der Waals surface area contributed by atoms with Gasteiger partial charge in [-0.3, -0.25) is 0 Å². The van der Waals surface area contributed by atoms with E-state index in [-0.39, 0.29) is 41.1 Å². The molecule has 0 unspecified atom stereocenters. The Hall–Kier alpha value is -0.287. The zero-order valence-electron chi connectivity index (χ0n) is 10.1. The normalized spacial score (nSPS) is 8.67. The minimum Gasteiger partial charge on any atom is -0.358 e. The molecule has 2 rings (SSSR count). The molecule has 0 nitrogen and oxygen atoms in total. The van der Waals surface area contributed by atoms with Crippen molar-refractivity contribution in [2.75, 3.05) is 0 Å². The molecule has 0 saturated carbocycles. The molecule has 2 aromatic rings. The standard InChI is InChI=1S/C12H13.2CH3.Zr/c1-3-10-5-4-6-11-7-9(2)8-12(10)11;;;/h4-8H,3H2,1-2H3;2*1H3;/q3*-1;+3. The minimum absolute atomic E-state index is 0. The van der Waals surface area contributed by atoms with Crippen LogP contribution in [0.15, 0.2) is 30.3 Å². The van der Waals surface area contributed by atoms with Gasteiger partial charge in [0, 0.05) is 0 Å². The van der Waals surface area contributed by atoms with Gasteiger partial charge in [0.1, 0.15) is 0 Å². The van der Waals surface area contributed by atoms with E-state index in [4.69, 9.17) is 0 Å². The summed E-state index contributed by atoms with van der Waals surface area (Å²) in [5.41, 5.74) is 2.83. The second-order valence-corrected chi connectivity index (χ2v) is 3.31. The molecule has 0 N–H and O–H groups in total. The molecule has 0 aliphatic heterocycles. The molecule has 0 aliphatic rings. The fourth-order valence-corrected chi connectivity index (χ4v) is 1.76. The van der Waals surface area contributed by atoms with Crippen LogP contribution >= 0.6 is 0 Å². The topological polar surface area (TPSA) is 0 Å². The van der Waals surface area contributed by atoms with E-state index in [9.17, 15) is 0 Å². The van der Waals surface area contributed by atoms with E-state index in [2.05, 4.69) is 44.2 Å². The van der Waals surface area contributed by atoms with E-state index < -0.39 is 0 Å². The van der Waals surface area contributed by atoms with E-state index in [1.807, 2.05) is 0 Å². The molecular formula is C14H19Zr. The molecule has 0 aliphatic carbocycles. The molecule has 0 atom stereocenters. The molecule has 0 heterocycles. The SMILES string of the molecule is CCc1cccc2[cH-]c(C)cc12.[CH3-].[CH3-].[Zr+3]. The molecule has 1 heteroatoms. The van der Waals surface area contributed by atoms with Gasteiger partial charge in [0.25, 0.3) is 0 Å². The van der Waals surface area contributed by atoms with Crippen LogP contribution in [0.25, 0.3) is 10.8 Å². The van der Waals surface area contributed by atoms with Crippen LogP contribution in [0.2, 0.25) is 0 Å². The third kappa shape index (κ3) is 3.35. The predicted octanol–water partition coefficient (Wildman–Crippen LogP) is 4.33. The van der Waals surface area contributed by atoms with Crippen LogP contribution in [0.5, 0.6) is 0 Å². The first-order valence-electron chi connectivity index (χ1n) is 4.46. The van der Waals surface area contributed by atoms with Gasteiger partial charge in [0.2, 0.25) is 0 Å². The minimum atomic E-state index is 0. The van der Waals surface area contributed by atoms with Crippen molar-refractivity contribution in [1.82, 2.24) is 0 Å². The Bertz CT molecular complexity index is 399. The molecule has 0 bridgehead atoms. The largest absolute Gasteiger partial charge is 3.00 e. The average molecular weight is 279 g/mol. The molecule has 0 fully saturated rings. The summed E-state index contributed by atoms with van der Waals surface area (Å²) in [5, 5.41) is 2.81. The number of aryl methyl sites for hydroxylation is 2. The van der Waals surface area contributed by atoms with Crippen molar-refractivity contribution in [2.24, 2.45) is 0 Å². The van der Waals surface area contributed by atoms with Crippen LogP contribution in [0.4, 0.5) is 0 Å². The molecule has 79 valence electrons. The molecule has 0 amide bonds. The van der Waals surface area contributed by atoms with Crippen molar-refractivity contribution in [2.45, 2.75) is 20.3 Å². The zero-order valence-corrected chi connectivity index (χ0v) is 12.6. The fourth-order valence-electron chi connectivity index (χ4n) is 1.76. The van der Waals surface area contributed by atoms with Gasteiger partial charge < -0.3 is 14.9 Å². The quantitative estimate of drug-likeness (QED) is 0.681. The van der Waals surface area contributed by atoms with Gasteiger partial charge in [-0.1, -0.05) is 25.5 Å². The second kappa shape index (κ2) is 7.06. The Labute approximate surface area is 113 Å². The summed E-state index contributed by atoms with van der Waals surface area (Å²) in [6, 6.07) is 11.0. The van der Waals surface area contributed by atoms with Gasteiger partial charge in [0.05, 0.1) is 0 Å². The van der Waals surface area contributed by atoms with Crippen LogP contribution in [0.3, 0.4) is 0 Å². The second-order valence-electron chi connectivity index (χ2n) is 3.31. The Balaban J connectivity index is 0. The van der Waals surface area contributed by atoms with Crippen molar-refractivity contribution in [3.05, 3.63) is 56.3 Å². The summed E-state index contributed by atoms with van der Waals surface area (Å²) >= 11 is 0. The van der Waals surface area contributed by atoms with E-state index >= 15 is 0 Å². The van der Waals surface area contributed by atoms with Crippen LogP contribution < -0.4 is 0 Å². The Morgan fingerprint density at radius 1 is 1.20 bits per heavy atom. The van der Waals surface area contributed by atoms with Crippen molar-refractivity contribution in [1.29, 1.82) is 0 Å². The Kier molecular flexibility index (Phi) is 8.06. The first kappa shape index (κ1) is 17.1. The maximum Gasteiger partial charge on any atom is 3.00 e. The van der Waals surface area contributed by atoms with Gasteiger partial charge in [0.15, 0.2) is 0 Å². The van der Waals surface area contributed by atoms with Gasteiger partial charge in [-0.25, -0.2) is 0 Å². The van der Waals surface area contributed by atoms with Crippen molar-refractivity contribution in [3.8, 4) is 0 Å². The number of fused-ring (bicyclic) bond motifs is 1. The van der Waals surface area contributed by atoms with Gasteiger partial charge >= 0.3 is 26.2 Å². The maximum atomic E-state index is 2.27. The molecule has 0 aromatic heterocycles. The summed E-state index contributed by atoms with van der Waals surface area (Å²) in [6.45, 7) is 4.36. The molecule has 0 saturated heterocycles. The third-order valence-corrected chi connectivity index (χ3v) is 2.37. The summed E-state index contributed by atoms with van der Waals surface area (Å²) in [6.07, 6.45) is 1.13. The molecule has 2 aromatic carbocycles. The molecule has 15 heavy (non-hydrogen) atoms. The smallest absolute Gasteiger partial charge is 0.358 e. The van der Waals surface area contributed by atoms with E-state index in [1.54, 1.807) is 0 Å². The van der Waals surface area contributed by atoms with Crippen LogP contribution in [0.1, 0.15) is 18.1 Å². The Morgan fingerprint density at radius 3 is 2.47 bits per heavy atom. The number of hydrogen-bond acceptors (Lipinski definition) is 0. The number of rotatable bonds is 1. The average Bonchev–Trinajstić information content (AvgIpc) is 2.44. The van der Waals surface area contributed by atoms with Crippen molar-refractivity contribution >= 4 is 10.8 Å². The zero-order chi connectivity index (χ0) is 8.55. The molecule has 0 spiro atoms. The van der Waals surface area contributed by atoms with E-state index in [0.29, 0.717) is 0 Å². The van der Waals surface area contributed by atoms with Crippen LogP contribution in [0, 0.1) is 21.8 Å². The molecule has 1 radical (unpaired) electrons. The summed E-state index contributed by atoms with van der Waals surface area (Å²) < 4.78 is 0. The summed E-state index contributed by atoms with van der Waals surface area (Å²) in [7, 11) is 0. The van der Waals surface area contributed by atoms with E-state index in [0.717, 1.165) is 6.42 Å². The van der Waals surface area contributed by atoms with Gasteiger partial charge in [-0.05, 0) is 6.42 Å². The number of benzene rings is 1.